The number of hydrogen-bond donors (Lipinski definition) is 2. The first-order valence-electron chi connectivity index (χ1n) is 6.31. The van der Waals surface area contributed by atoms with Gasteiger partial charge in [0.2, 0.25) is 5.91 Å². The molecule has 2 unspecified atom stereocenters. The molecule has 2 atom stereocenters. The molecule has 1 rings (SSSR count). The maximum atomic E-state index is 11.7. The van der Waals surface area contributed by atoms with Gasteiger partial charge >= 0.3 is 0 Å². The van der Waals surface area contributed by atoms with Gasteiger partial charge in [0, 0.05) is 34.7 Å². The molecule has 106 valence electrons. The number of nitrogens with one attached hydrogen (secondary N) is 1. The first kappa shape index (κ1) is 16.3. The van der Waals surface area contributed by atoms with Crippen molar-refractivity contribution in [2.75, 3.05) is 12.4 Å². The van der Waals surface area contributed by atoms with Gasteiger partial charge in [0.15, 0.2) is 0 Å². The molecule has 0 fully saturated rings. The molecule has 5 heteroatoms. The summed E-state index contributed by atoms with van der Waals surface area (Å²) in [4.78, 5) is 12.8. The second kappa shape index (κ2) is 8.46. The lowest BCUT2D eigenvalue weighted by molar-refractivity contribution is -0.121. The Bertz CT molecular complexity index is 397. The molecule has 3 nitrogen and oxygen atoms in total. The molecule has 2 N–H and O–H groups in total. The quantitative estimate of drug-likeness (QED) is 0.761. The number of rotatable bonds is 7. The van der Waals surface area contributed by atoms with Crippen LogP contribution in [-0.4, -0.2) is 29.4 Å². The van der Waals surface area contributed by atoms with Crippen molar-refractivity contribution in [2.45, 2.75) is 31.2 Å². The maximum Gasteiger partial charge on any atom is 0.221 e. The van der Waals surface area contributed by atoms with Gasteiger partial charge in [-0.15, -0.1) is 11.8 Å². The van der Waals surface area contributed by atoms with E-state index < -0.39 is 0 Å². The number of carbonyl (C=O) groups excluding carboxylic acids is 1. The fourth-order valence-corrected chi connectivity index (χ4v) is 2.40. The fraction of sp³-hybridized carbons (Fsp3) is 0.500. The standard InChI is InChI=1S/C14H20ClNO2S/c1-10(9-17)11(2)16-14(18)7-8-19-13-5-3-12(15)4-6-13/h3-6,10-11,17H,7-9H2,1-2H3,(H,16,18). The topological polar surface area (TPSA) is 49.3 Å². The zero-order valence-corrected chi connectivity index (χ0v) is 12.8. The molecule has 1 aromatic carbocycles. The van der Waals surface area contributed by atoms with Crippen LogP contribution in [-0.2, 0) is 4.79 Å². The van der Waals surface area contributed by atoms with Crippen molar-refractivity contribution in [3.8, 4) is 0 Å². The summed E-state index contributed by atoms with van der Waals surface area (Å²) in [5, 5.41) is 12.6. The Morgan fingerprint density at radius 2 is 2.00 bits per heavy atom. The molecular formula is C14H20ClNO2S. The van der Waals surface area contributed by atoms with E-state index in [0.717, 1.165) is 10.6 Å². The summed E-state index contributed by atoms with van der Waals surface area (Å²) < 4.78 is 0. The minimum Gasteiger partial charge on any atom is -0.396 e. The summed E-state index contributed by atoms with van der Waals surface area (Å²) in [6, 6.07) is 7.57. The lowest BCUT2D eigenvalue weighted by atomic mass is 10.1. The molecule has 0 spiro atoms. The minimum absolute atomic E-state index is 0.00182. The molecule has 0 aliphatic heterocycles. The summed E-state index contributed by atoms with van der Waals surface area (Å²) >= 11 is 7.43. The van der Waals surface area contributed by atoms with Crippen molar-refractivity contribution in [3.05, 3.63) is 29.3 Å². The molecule has 0 saturated heterocycles. The van der Waals surface area contributed by atoms with Gasteiger partial charge in [0.05, 0.1) is 0 Å². The Balaban J connectivity index is 2.25. The number of benzene rings is 1. The van der Waals surface area contributed by atoms with Crippen LogP contribution < -0.4 is 5.32 Å². The highest BCUT2D eigenvalue weighted by molar-refractivity contribution is 7.99. The van der Waals surface area contributed by atoms with Crippen molar-refractivity contribution in [2.24, 2.45) is 5.92 Å². The molecule has 0 bridgehead atoms. The summed E-state index contributed by atoms with van der Waals surface area (Å²) in [6.45, 7) is 3.90. The summed E-state index contributed by atoms with van der Waals surface area (Å²) in [5.41, 5.74) is 0. The largest absolute Gasteiger partial charge is 0.396 e. The Morgan fingerprint density at radius 1 is 1.37 bits per heavy atom. The van der Waals surface area contributed by atoms with E-state index in [1.165, 1.54) is 0 Å². The van der Waals surface area contributed by atoms with E-state index in [1.54, 1.807) is 11.8 Å². The molecule has 1 aromatic rings. The highest BCUT2D eigenvalue weighted by atomic mass is 35.5. The zero-order valence-electron chi connectivity index (χ0n) is 11.2. The van der Waals surface area contributed by atoms with Gasteiger partial charge in [-0.1, -0.05) is 18.5 Å². The van der Waals surface area contributed by atoms with E-state index in [4.69, 9.17) is 16.7 Å². The normalized spacial score (nSPS) is 13.9. The van der Waals surface area contributed by atoms with E-state index in [0.29, 0.717) is 11.4 Å². The van der Waals surface area contributed by atoms with Crippen LogP contribution >= 0.6 is 23.4 Å². The number of thioether (sulfide) groups is 1. The lowest BCUT2D eigenvalue weighted by Crippen LogP contribution is -2.38. The van der Waals surface area contributed by atoms with Gasteiger partial charge in [0.25, 0.3) is 0 Å². The van der Waals surface area contributed by atoms with E-state index >= 15 is 0 Å². The third-order valence-electron chi connectivity index (χ3n) is 2.94. The number of hydrogen-bond acceptors (Lipinski definition) is 3. The fourth-order valence-electron chi connectivity index (χ4n) is 1.42. The average molecular weight is 302 g/mol. The van der Waals surface area contributed by atoms with E-state index in [-0.39, 0.29) is 24.5 Å². The molecule has 0 aliphatic rings. The third-order valence-corrected chi connectivity index (χ3v) is 4.21. The van der Waals surface area contributed by atoms with Crippen LogP contribution in [0.15, 0.2) is 29.2 Å². The van der Waals surface area contributed by atoms with Gasteiger partial charge < -0.3 is 10.4 Å². The number of aliphatic hydroxyl groups is 1. The molecule has 0 aromatic heterocycles. The number of amides is 1. The molecule has 1 amide bonds. The number of aliphatic hydroxyl groups excluding tert-OH is 1. The van der Waals surface area contributed by atoms with Crippen LogP contribution in [0.4, 0.5) is 0 Å². The summed E-state index contributed by atoms with van der Waals surface area (Å²) in [6.07, 6.45) is 0.468. The maximum absolute atomic E-state index is 11.7. The molecular weight excluding hydrogens is 282 g/mol. The van der Waals surface area contributed by atoms with E-state index in [1.807, 2.05) is 38.1 Å². The van der Waals surface area contributed by atoms with Crippen molar-refractivity contribution in [1.82, 2.24) is 5.32 Å². The van der Waals surface area contributed by atoms with Crippen LogP contribution in [0.25, 0.3) is 0 Å². The summed E-state index contributed by atoms with van der Waals surface area (Å²) in [5.74, 6) is 0.829. The second-order valence-electron chi connectivity index (χ2n) is 4.57. The van der Waals surface area contributed by atoms with Crippen LogP contribution in [0.1, 0.15) is 20.3 Å². The Morgan fingerprint density at radius 3 is 2.58 bits per heavy atom. The molecule has 0 radical (unpaired) electrons. The Labute approximate surface area is 123 Å². The van der Waals surface area contributed by atoms with Gasteiger partial charge in [-0.25, -0.2) is 0 Å². The van der Waals surface area contributed by atoms with Crippen LogP contribution in [0.2, 0.25) is 5.02 Å². The first-order valence-corrected chi connectivity index (χ1v) is 7.68. The molecule has 0 saturated carbocycles. The SMILES string of the molecule is CC(CO)C(C)NC(=O)CCSc1ccc(Cl)cc1. The predicted molar refractivity (Wildman–Crippen MR) is 80.6 cm³/mol. The van der Waals surface area contributed by atoms with E-state index in [9.17, 15) is 4.79 Å². The van der Waals surface area contributed by atoms with Crippen LogP contribution in [0, 0.1) is 5.92 Å². The molecule has 0 heterocycles. The van der Waals surface area contributed by atoms with Gasteiger partial charge in [-0.05, 0) is 37.1 Å². The van der Waals surface area contributed by atoms with Crippen LogP contribution in [0.3, 0.4) is 0 Å². The minimum atomic E-state index is -0.00182. The summed E-state index contributed by atoms with van der Waals surface area (Å²) in [7, 11) is 0. The third kappa shape index (κ3) is 6.32. The first-order chi connectivity index (χ1) is 9.02. The number of halogens is 1. The van der Waals surface area contributed by atoms with E-state index in [2.05, 4.69) is 5.32 Å². The van der Waals surface area contributed by atoms with Gasteiger partial charge in [0.1, 0.15) is 0 Å². The van der Waals surface area contributed by atoms with Crippen molar-refractivity contribution < 1.29 is 9.90 Å². The Hall–Kier alpha value is -0.710. The van der Waals surface area contributed by atoms with Crippen molar-refractivity contribution in [3.63, 3.8) is 0 Å². The highest BCUT2D eigenvalue weighted by Crippen LogP contribution is 2.20. The monoisotopic (exact) mass is 301 g/mol. The lowest BCUT2D eigenvalue weighted by Gasteiger charge is -2.19. The second-order valence-corrected chi connectivity index (χ2v) is 6.17. The van der Waals surface area contributed by atoms with Crippen molar-refractivity contribution >= 4 is 29.3 Å². The molecule has 19 heavy (non-hydrogen) atoms. The average Bonchev–Trinajstić information content (AvgIpc) is 2.40. The smallest absolute Gasteiger partial charge is 0.221 e. The molecule has 0 aliphatic carbocycles. The Kier molecular flexibility index (Phi) is 7.28. The zero-order chi connectivity index (χ0) is 14.3. The van der Waals surface area contributed by atoms with Crippen LogP contribution in [0.5, 0.6) is 0 Å². The van der Waals surface area contributed by atoms with Crippen molar-refractivity contribution in [1.29, 1.82) is 0 Å². The predicted octanol–water partition coefficient (Wildman–Crippen LogP) is 2.96. The van der Waals surface area contributed by atoms with Gasteiger partial charge in [-0.2, -0.15) is 0 Å². The highest BCUT2D eigenvalue weighted by Gasteiger charge is 2.13. The number of carbonyl (C=O) groups is 1. The van der Waals surface area contributed by atoms with Gasteiger partial charge in [-0.3, -0.25) is 4.79 Å².